The van der Waals surface area contributed by atoms with E-state index in [-0.39, 0.29) is 22.5 Å². The Balaban J connectivity index is 2.23. The Labute approximate surface area is 140 Å². The number of rotatable bonds is 4. The van der Waals surface area contributed by atoms with Crippen LogP contribution < -0.4 is 10.6 Å². The van der Waals surface area contributed by atoms with Gasteiger partial charge >= 0.3 is 24.1 Å². The first-order valence-electron chi connectivity index (χ1n) is 6.83. The molecule has 128 valence electrons. The fraction of sp³-hybridized carbons (Fsp3) is 0. The van der Waals surface area contributed by atoms with E-state index in [0.717, 1.165) is 0 Å². The van der Waals surface area contributed by atoms with Crippen molar-refractivity contribution in [2.45, 2.75) is 0 Å². The van der Waals surface area contributed by atoms with Crippen molar-refractivity contribution in [3.8, 4) is 0 Å². The lowest BCUT2D eigenvalue weighted by atomic mass is 10.1. The van der Waals surface area contributed by atoms with Gasteiger partial charge in [0.05, 0.1) is 22.5 Å². The molecular weight excluding hydrogens is 332 g/mol. The zero-order chi connectivity index (χ0) is 18.4. The predicted molar refractivity (Wildman–Crippen MR) is 85.9 cm³/mol. The summed E-state index contributed by atoms with van der Waals surface area (Å²) in [5.41, 5.74) is -0.432. The van der Waals surface area contributed by atoms with Crippen molar-refractivity contribution in [1.82, 2.24) is 0 Å². The number of carboxylic acid groups (broad SMARTS) is 2. The summed E-state index contributed by atoms with van der Waals surface area (Å²) in [4.78, 5) is 45.8. The van der Waals surface area contributed by atoms with E-state index in [4.69, 9.17) is 14.9 Å². The molecule has 25 heavy (non-hydrogen) atoms. The van der Waals surface area contributed by atoms with Crippen molar-refractivity contribution >= 4 is 35.5 Å². The Bertz CT molecular complexity index is 778. The molecule has 0 aliphatic rings. The number of amides is 2. The van der Waals surface area contributed by atoms with Crippen LogP contribution in [0.3, 0.4) is 0 Å². The average Bonchev–Trinajstić information content (AvgIpc) is 2.54. The number of anilines is 2. The molecule has 0 aromatic heterocycles. The van der Waals surface area contributed by atoms with E-state index < -0.39 is 24.1 Å². The van der Waals surface area contributed by atoms with E-state index >= 15 is 0 Å². The second kappa shape index (κ2) is 7.59. The molecule has 0 unspecified atom stereocenters. The standard InChI is InChI=1S/C16H12N2O7/c19-13(9-5-1-3-7-11(9)17-15(21)22)25-14(20)10-6-2-4-8-12(10)18-16(23)24/h1-8,17-18H,(H,21,22)(H,23,24). The van der Waals surface area contributed by atoms with Crippen LogP contribution in [0.15, 0.2) is 48.5 Å². The Morgan fingerprint density at radius 1 is 0.680 bits per heavy atom. The summed E-state index contributed by atoms with van der Waals surface area (Å²) in [7, 11) is 0. The highest BCUT2D eigenvalue weighted by Crippen LogP contribution is 2.20. The fourth-order valence-corrected chi connectivity index (χ4v) is 1.96. The first-order valence-corrected chi connectivity index (χ1v) is 6.83. The van der Waals surface area contributed by atoms with Crippen molar-refractivity contribution in [3.63, 3.8) is 0 Å². The Hall–Kier alpha value is -3.88. The van der Waals surface area contributed by atoms with Crippen LogP contribution in [0.4, 0.5) is 21.0 Å². The number of esters is 2. The minimum Gasteiger partial charge on any atom is -0.465 e. The van der Waals surface area contributed by atoms with Gasteiger partial charge in [0.1, 0.15) is 0 Å². The largest absolute Gasteiger partial charge is 0.465 e. The molecule has 0 bridgehead atoms. The summed E-state index contributed by atoms with van der Waals surface area (Å²) in [6.45, 7) is 0. The zero-order valence-corrected chi connectivity index (χ0v) is 12.6. The van der Waals surface area contributed by atoms with Crippen LogP contribution in [0.5, 0.6) is 0 Å². The van der Waals surface area contributed by atoms with Gasteiger partial charge in [0.25, 0.3) is 0 Å². The first kappa shape index (κ1) is 17.5. The third kappa shape index (κ3) is 4.55. The predicted octanol–water partition coefficient (Wildman–Crippen LogP) is 2.86. The third-order valence-electron chi connectivity index (χ3n) is 2.96. The Kier molecular flexibility index (Phi) is 5.31. The molecule has 2 amide bonds. The van der Waals surface area contributed by atoms with E-state index in [1.165, 1.54) is 48.5 Å². The highest BCUT2D eigenvalue weighted by atomic mass is 16.6. The van der Waals surface area contributed by atoms with Gasteiger partial charge in [0, 0.05) is 0 Å². The number of para-hydroxylation sites is 2. The number of benzene rings is 2. The van der Waals surface area contributed by atoms with Crippen LogP contribution in [0.25, 0.3) is 0 Å². The van der Waals surface area contributed by atoms with E-state index in [9.17, 15) is 19.2 Å². The minimum absolute atomic E-state index is 0.0512. The fourth-order valence-electron chi connectivity index (χ4n) is 1.96. The summed E-state index contributed by atoms with van der Waals surface area (Å²) in [6, 6.07) is 11.1. The molecular formula is C16H12N2O7. The average molecular weight is 344 g/mol. The number of hydrogen-bond donors (Lipinski definition) is 4. The lowest BCUT2D eigenvalue weighted by Crippen LogP contribution is -2.18. The summed E-state index contributed by atoms with van der Waals surface area (Å²) >= 11 is 0. The highest BCUT2D eigenvalue weighted by Gasteiger charge is 2.21. The molecule has 2 aromatic carbocycles. The molecule has 2 rings (SSSR count). The SMILES string of the molecule is O=C(O)Nc1ccccc1C(=O)OC(=O)c1ccccc1NC(=O)O. The van der Waals surface area contributed by atoms with Crippen molar-refractivity contribution in [2.24, 2.45) is 0 Å². The van der Waals surface area contributed by atoms with Gasteiger partial charge in [-0.15, -0.1) is 0 Å². The highest BCUT2D eigenvalue weighted by molar-refractivity contribution is 6.09. The van der Waals surface area contributed by atoms with Gasteiger partial charge in [-0.2, -0.15) is 0 Å². The summed E-state index contributed by atoms with van der Waals surface area (Å²) in [6.07, 6.45) is -2.77. The molecule has 0 aliphatic heterocycles. The number of carbonyl (C=O) groups excluding carboxylic acids is 2. The Morgan fingerprint density at radius 2 is 1.04 bits per heavy atom. The van der Waals surface area contributed by atoms with E-state index in [1.807, 2.05) is 10.6 Å². The van der Waals surface area contributed by atoms with E-state index in [2.05, 4.69) is 0 Å². The van der Waals surface area contributed by atoms with Gasteiger partial charge in [0.15, 0.2) is 0 Å². The van der Waals surface area contributed by atoms with Crippen molar-refractivity contribution in [1.29, 1.82) is 0 Å². The maximum absolute atomic E-state index is 12.2. The monoisotopic (exact) mass is 344 g/mol. The summed E-state index contributed by atoms with van der Waals surface area (Å²) in [5, 5.41) is 21.6. The van der Waals surface area contributed by atoms with Gasteiger partial charge in [-0.1, -0.05) is 24.3 Å². The second-order valence-electron chi connectivity index (χ2n) is 4.63. The molecule has 0 atom stereocenters. The molecule has 0 aliphatic carbocycles. The van der Waals surface area contributed by atoms with Crippen molar-refractivity contribution in [3.05, 3.63) is 59.7 Å². The number of ether oxygens (including phenoxy) is 1. The molecule has 0 saturated carbocycles. The smallest absolute Gasteiger partial charge is 0.409 e. The molecule has 0 radical (unpaired) electrons. The minimum atomic E-state index is -1.39. The van der Waals surface area contributed by atoms with Gasteiger partial charge < -0.3 is 14.9 Å². The zero-order valence-electron chi connectivity index (χ0n) is 12.6. The summed E-state index contributed by atoms with van der Waals surface area (Å²) in [5.74, 6) is -2.17. The number of hydrogen-bond acceptors (Lipinski definition) is 5. The lowest BCUT2D eigenvalue weighted by molar-refractivity contribution is 0.0399. The van der Waals surface area contributed by atoms with Gasteiger partial charge in [-0.25, -0.2) is 19.2 Å². The van der Waals surface area contributed by atoms with Crippen LogP contribution in [0, 0.1) is 0 Å². The normalized spacial score (nSPS) is 9.76. The summed E-state index contributed by atoms with van der Waals surface area (Å²) < 4.78 is 4.72. The number of carbonyl (C=O) groups is 4. The molecule has 9 heteroatoms. The van der Waals surface area contributed by atoms with Crippen LogP contribution in [0.1, 0.15) is 20.7 Å². The molecule has 9 nitrogen and oxygen atoms in total. The quantitative estimate of drug-likeness (QED) is 0.493. The molecule has 0 spiro atoms. The van der Waals surface area contributed by atoms with Gasteiger partial charge in [0.2, 0.25) is 0 Å². The number of nitrogens with one attached hydrogen (secondary N) is 2. The van der Waals surface area contributed by atoms with E-state index in [1.54, 1.807) is 0 Å². The molecule has 2 aromatic rings. The Morgan fingerprint density at radius 3 is 1.40 bits per heavy atom. The molecule has 0 heterocycles. The maximum Gasteiger partial charge on any atom is 0.409 e. The van der Waals surface area contributed by atoms with E-state index in [0.29, 0.717) is 0 Å². The lowest BCUT2D eigenvalue weighted by Gasteiger charge is -2.10. The van der Waals surface area contributed by atoms with Crippen molar-refractivity contribution < 1.29 is 34.1 Å². The first-order chi connectivity index (χ1) is 11.9. The third-order valence-corrected chi connectivity index (χ3v) is 2.96. The van der Waals surface area contributed by atoms with Gasteiger partial charge in [-0.05, 0) is 24.3 Å². The second-order valence-corrected chi connectivity index (χ2v) is 4.63. The van der Waals surface area contributed by atoms with Crippen LogP contribution in [-0.2, 0) is 4.74 Å². The van der Waals surface area contributed by atoms with Gasteiger partial charge in [-0.3, -0.25) is 10.6 Å². The van der Waals surface area contributed by atoms with Crippen LogP contribution in [0.2, 0.25) is 0 Å². The molecule has 0 fully saturated rings. The van der Waals surface area contributed by atoms with Crippen molar-refractivity contribution in [2.75, 3.05) is 10.6 Å². The molecule has 0 saturated heterocycles. The molecule has 4 N–H and O–H groups in total. The van der Waals surface area contributed by atoms with Crippen LogP contribution in [-0.4, -0.2) is 34.3 Å². The topological polar surface area (TPSA) is 142 Å². The van der Waals surface area contributed by atoms with Crippen LogP contribution >= 0.6 is 0 Å². The maximum atomic E-state index is 12.2.